The second kappa shape index (κ2) is 6.97. The van der Waals surface area contributed by atoms with E-state index in [1.165, 1.54) is 12.1 Å². The number of benzene rings is 1. The number of unbranched alkanes of at least 4 members (excludes halogenated alkanes) is 1. The zero-order valence-corrected chi connectivity index (χ0v) is 11.2. The molecule has 0 radical (unpaired) electrons. The Morgan fingerprint density at radius 3 is 2.53 bits per heavy atom. The first-order valence-electron chi connectivity index (χ1n) is 6.22. The molecule has 3 heteroatoms. The van der Waals surface area contributed by atoms with Crippen LogP contribution >= 0.6 is 11.6 Å². The van der Waals surface area contributed by atoms with Gasteiger partial charge in [-0.2, -0.15) is 0 Å². The van der Waals surface area contributed by atoms with Gasteiger partial charge in [-0.05, 0) is 36.1 Å². The quantitative estimate of drug-likeness (QED) is 0.782. The highest BCUT2D eigenvalue weighted by atomic mass is 35.5. The van der Waals surface area contributed by atoms with Crippen LogP contribution in [0.1, 0.15) is 51.2 Å². The predicted molar refractivity (Wildman–Crippen MR) is 69.7 cm³/mol. The Balaban J connectivity index is 2.81. The molecule has 1 aromatic carbocycles. The van der Waals surface area contributed by atoms with E-state index in [0.717, 1.165) is 25.7 Å². The van der Waals surface area contributed by atoms with E-state index >= 15 is 0 Å². The molecule has 2 atom stereocenters. The van der Waals surface area contributed by atoms with Gasteiger partial charge in [0, 0.05) is 5.02 Å². The molecule has 0 unspecified atom stereocenters. The average Bonchev–Trinajstić information content (AvgIpc) is 2.28. The summed E-state index contributed by atoms with van der Waals surface area (Å²) in [6.45, 7) is 4.17. The molecule has 0 aliphatic rings. The third-order valence-corrected chi connectivity index (χ3v) is 3.34. The highest BCUT2D eigenvalue weighted by molar-refractivity contribution is 6.30. The topological polar surface area (TPSA) is 20.2 Å². The van der Waals surface area contributed by atoms with Gasteiger partial charge in [0.25, 0.3) is 0 Å². The summed E-state index contributed by atoms with van der Waals surface area (Å²) in [6, 6.07) is 4.26. The smallest absolute Gasteiger partial charge is 0.125 e. The molecule has 1 N–H and O–H groups in total. The third-order valence-electron chi connectivity index (χ3n) is 3.13. The molecule has 1 aromatic rings. The van der Waals surface area contributed by atoms with Crippen LogP contribution in [0.3, 0.4) is 0 Å². The summed E-state index contributed by atoms with van der Waals surface area (Å²) in [5.74, 6) is -0.218. The summed E-state index contributed by atoms with van der Waals surface area (Å²) in [5, 5.41) is 10.6. The fourth-order valence-electron chi connectivity index (χ4n) is 2.07. The Labute approximate surface area is 108 Å². The van der Waals surface area contributed by atoms with Crippen LogP contribution in [0.4, 0.5) is 4.39 Å². The van der Waals surface area contributed by atoms with Crippen LogP contribution in [0.25, 0.3) is 0 Å². The summed E-state index contributed by atoms with van der Waals surface area (Å²) in [4.78, 5) is 0. The van der Waals surface area contributed by atoms with E-state index in [-0.39, 0.29) is 5.92 Å². The summed E-state index contributed by atoms with van der Waals surface area (Å²) in [7, 11) is 0. The van der Waals surface area contributed by atoms with Crippen LogP contribution in [-0.2, 0) is 0 Å². The standard InChI is InChI=1S/C14H20ClFO/c1-3-5-6-10(4-2)14(17)11-7-12(15)9-13(16)8-11/h7-10,14,17H,3-6H2,1-2H3/t10-,14+/m0/s1. The zero-order chi connectivity index (χ0) is 12.8. The van der Waals surface area contributed by atoms with E-state index in [2.05, 4.69) is 6.92 Å². The average molecular weight is 259 g/mol. The highest BCUT2D eigenvalue weighted by Gasteiger charge is 2.19. The third kappa shape index (κ3) is 4.29. The Bertz CT molecular complexity index is 334. The molecule has 1 nitrogen and oxygen atoms in total. The van der Waals surface area contributed by atoms with Gasteiger partial charge in [0.05, 0.1) is 6.10 Å². The van der Waals surface area contributed by atoms with Crippen molar-refractivity contribution in [2.24, 2.45) is 5.92 Å². The maximum Gasteiger partial charge on any atom is 0.125 e. The summed E-state index contributed by atoms with van der Waals surface area (Å²) < 4.78 is 13.2. The Kier molecular flexibility index (Phi) is 5.93. The SMILES string of the molecule is CCCC[C@H](CC)[C@@H](O)c1cc(F)cc(Cl)c1. The molecule has 1 rings (SSSR count). The van der Waals surface area contributed by atoms with Gasteiger partial charge in [-0.1, -0.05) is 44.7 Å². The predicted octanol–water partition coefficient (Wildman–Crippen LogP) is 4.73. The van der Waals surface area contributed by atoms with Crippen LogP contribution in [0.2, 0.25) is 5.02 Å². The highest BCUT2D eigenvalue weighted by Crippen LogP contribution is 2.30. The van der Waals surface area contributed by atoms with E-state index in [9.17, 15) is 9.50 Å². The summed E-state index contributed by atoms with van der Waals surface area (Å²) in [6.07, 6.45) is 3.41. The Morgan fingerprint density at radius 2 is 2.00 bits per heavy atom. The van der Waals surface area contributed by atoms with E-state index < -0.39 is 11.9 Å². The number of aliphatic hydroxyl groups is 1. The molecule has 0 bridgehead atoms. The van der Waals surface area contributed by atoms with Gasteiger partial charge < -0.3 is 5.11 Å². The van der Waals surface area contributed by atoms with E-state index in [1.807, 2.05) is 6.92 Å². The van der Waals surface area contributed by atoms with Crippen molar-refractivity contribution in [3.05, 3.63) is 34.6 Å². The molecule has 0 aliphatic heterocycles. The lowest BCUT2D eigenvalue weighted by molar-refractivity contribution is 0.0986. The maximum atomic E-state index is 13.2. The van der Waals surface area contributed by atoms with Gasteiger partial charge in [0.2, 0.25) is 0 Å². The molecule has 96 valence electrons. The second-order valence-electron chi connectivity index (χ2n) is 4.46. The van der Waals surface area contributed by atoms with Gasteiger partial charge in [-0.25, -0.2) is 4.39 Å². The van der Waals surface area contributed by atoms with Gasteiger partial charge in [0.15, 0.2) is 0 Å². The second-order valence-corrected chi connectivity index (χ2v) is 4.89. The van der Waals surface area contributed by atoms with Crippen LogP contribution in [0.5, 0.6) is 0 Å². The number of hydrogen-bond acceptors (Lipinski definition) is 1. The first kappa shape index (κ1) is 14.5. The minimum atomic E-state index is -0.625. The van der Waals surface area contributed by atoms with E-state index in [4.69, 9.17) is 11.6 Å². The summed E-state index contributed by atoms with van der Waals surface area (Å²) >= 11 is 5.80. The van der Waals surface area contributed by atoms with Crippen molar-refractivity contribution in [1.29, 1.82) is 0 Å². The molecular weight excluding hydrogens is 239 g/mol. The van der Waals surface area contributed by atoms with Gasteiger partial charge in [-0.3, -0.25) is 0 Å². The van der Waals surface area contributed by atoms with Crippen LogP contribution < -0.4 is 0 Å². The first-order chi connectivity index (χ1) is 8.08. The van der Waals surface area contributed by atoms with Gasteiger partial charge in [0.1, 0.15) is 5.82 Å². The molecule has 0 aliphatic carbocycles. The molecule has 0 aromatic heterocycles. The van der Waals surface area contributed by atoms with Crippen molar-refractivity contribution < 1.29 is 9.50 Å². The number of rotatable bonds is 6. The van der Waals surface area contributed by atoms with Crippen molar-refractivity contribution in [1.82, 2.24) is 0 Å². The minimum absolute atomic E-state index is 0.174. The maximum absolute atomic E-state index is 13.2. The first-order valence-corrected chi connectivity index (χ1v) is 6.60. The Morgan fingerprint density at radius 1 is 1.29 bits per heavy atom. The summed E-state index contributed by atoms with van der Waals surface area (Å²) in [5.41, 5.74) is 0.581. The zero-order valence-electron chi connectivity index (χ0n) is 10.4. The van der Waals surface area contributed by atoms with Crippen LogP contribution in [-0.4, -0.2) is 5.11 Å². The van der Waals surface area contributed by atoms with Gasteiger partial charge >= 0.3 is 0 Å². The largest absolute Gasteiger partial charge is 0.388 e. The number of hydrogen-bond donors (Lipinski definition) is 1. The lowest BCUT2D eigenvalue weighted by Crippen LogP contribution is -2.12. The molecule has 0 spiro atoms. The fourth-order valence-corrected chi connectivity index (χ4v) is 2.30. The van der Waals surface area contributed by atoms with Crippen molar-refractivity contribution in [3.8, 4) is 0 Å². The van der Waals surface area contributed by atoms with Crippen molar-refractivity contribution in [2.75, 3.05) is 0 Å². The van der Waals surface area contributed by atoms with Crippen molar-refractivity contribution in [3.63, 3.8) is 0 Å². The Hall–Kier alpha value is -0.600. The fraction of sp³-hybridized carbons (Fsp3) is 0.571. The molecular formula is C14H20ClFO. The minimum Gasteiger partial charge on any atom is -0.388 e. The molecule has 17 heavy (non-hydrogen) atoms. The number of halogens is 2. The molecule has 0 heterocycles. The van der Waals surface area contributed by atoms with Gasteiger partial charge in [-0.15, -0.1) is 0 Å². The van der Waals surface area contributed by atoms with E-state index in [1.54, 1.807) is 6.07 Å². The molecule has 0 saturated heterocycles. The van der Waals surface area contributed by atoms with E-state index in [0.29, 0.717) is 10.6 Å². The molecule has 0 saturated carbocycles. The monoisotopic (exact) mass is 258 g/mol. The lowest BCUT2D eigenvalue weighted by Gasteiger charge is -2.22. The molecule has 0 amide bonds. The van der Waals surface area contributed by atoms with Crippen molar-refractivity contribution >= 4 is 11.6 Å². The number of aliphatic hydroxyl groups excluding tert-OH is 1. The lowest BCUT2D eigenvalue weighted by atomic mass is 9.89. The van der Waals surface area contributed by atoms with Crippen molar-refractivity contribution in [2.45, 2.75) is 45.6 Å². The normalized spacial score (nSPS) is 14.6. The molecule has 0 fully saturated rings. The van der Waals surface area contributed by atoms with Crippen LogP contribution in [0, 0.1) is 11.7 Å². The van der Waals surface area contributed by atoms with Crippen LogP contribution in [0.15, 0.2) is 18.2 Å².